The van der Waals surface area contributed by atoms with Crippen LogP contribution < -0.4 is 0 Å². The summed E-state index contributed by atoms with van der Waals surface area (Å²) < 4.78 is 23.6. The van der Waals surface area contributed by atoms with Gasteiger partial charge in [0.2, 0.25) is 0 Å². The number of ether oxygens (including phenoxy) is 4. The third-order valence-corrected chi connectivity index (χ3v) is 7.50. The van der Waals surface area contributed by atoms with Crippen molar-refractivity contribution in [2.24, 2.45) is 17.8 Å². The van der Waals surface area contributed by atoms with E-state index < -0.39 is 59.3 Å². The van der Waals surface area contributed by atoms with Crippen molar-refractivity contribution in [1.29, 1.82) is 0 Å². The molecule has 1 saturated carbocycles. The lowest BCUT2D eigenvalue weighted by molar-refractivity contribution is -0.205. The van der Waals surface area contributed by atoms with Crippen molar-refractivity contribution in [3.63, 3.8) is 0 Å². The van der Waals surface area contributed by atoms with Gasteiger partial charge in [-0.05, 0) is 34.1 Å². The van der Waals surface area contributed by atoms with Crippen LogP contribution >= 0.6 is 0 Å². The van der Waals surface area contributed by atoms with Crippen molar-refractivity contribution in [2.45, 2.75) is 103 Å². The Morgan fingerprint density at radius 1 is 1.12 bits per heavy atom. The van der Waals surface area contributed by atoms with Gasteiger partial charge < -0.3 is 24.1 Å². The fourth-order valence-electron chi connectivity index (χ4n) is 6.39. The number of carbonyl (C=O) groups excluding carboxylic acids is 3. The zero-order valence-corrected chi connectivity index (χ0v) is 21.3. The molecule has 0 radical (unpaired) electrons. The second-order valence-electron chi connectivity index (χ2n) is 10.7. The normalized spacial score (nSPS) is 39.5. The molecule has 190 valence electrons. The van der Waals surface area contributed by atoms with E-state index in [9.17, 15) is 19.5 Å². The van der Waals surface area contributed by atoms with E-state index >= 15 is 0 Å². The standard InChI is InChI=1S/C26H38O8/c1-13-9-10-20(32-16(4)28)26(8,30)24-22-21(18(11-13)33-24)14(2)12-19(31-15(3)27)23(22)25(6,7)34-17(5)29/h9,18-24,30H,2,10-12H2,1,3-8H3/b13-9-/t18-,19-,20+,21-,22+,23+,24-,26-/m1/s1. The maximum Gasteiger partial charge on any atom is 0.303 e. The minimum absolute atomic E-state index is 0.164. The SMILES string of the molecule is C=C1C[C@@H](OC(C)=O)[C@H](C(C)(C)OC(C)=O)[C@@H]2[C@H]1[C@H]1C/C(C)=C\C[C@H](OC(C)=O)[C@@](C)(O)[C@@H]2O1. The summed E-state index contributed by atoms with van der Waals surface area (Å²) in [7, 11) is 0. The summed E-state index contributed by atoms with van der Waals surface area (Å²) in [6, 6.07) is 0. The number of hydrogen-bond acceptors (Lipinski definition) is 8. The molecule has 2 heterocycles. The first-order valence-corrected chi connectivity index (χ1v) is 11.9. The molecule has 8 atom stereocenters. The minimum Gasteiger partial charge on any atom is -0.462 e. The molecular weight excluding hydrogens is 440 g/mol. The van der Waals surface area contributed by atoms with E-state index in [4.69, 9.17) is 18.9 Å². The summed E-state index contributed by atoms with van der Waals surface area (Å²) in [4.78, 5) is 35.9. The molecular formula is C26H38O8. The van der Waals surface area contributed by atoms with Gasteiger partial charge in [0.05, 0.1) is 12.2 Å². The van der Waals surface area contributed by atoms with Crippen molar-refractivity contribution >= 4 is 17.9 Å². The molecule has 2 fully saturated rings. The van der Waals surface area contributed by atoms with Crippen molar-refractivity contribution in [2.75, 3.05) is 0 Å². The highest BCUT2D eigenvalue weighted by Gasteiger charge is 2.64. The molecule has 2 aliphatic heterocycles. The van der Waals surface area contributed by atoms with Gasteiger partial charge in [0.15, 0.2) is 0 Å². The van der Waals surface area contributed by atoms with Crippen LogP contribution in [-0.4, -0.2) is 58.6 Å². The fraction of sp³-hybridized carbons (Fsp3) is 0.731. The Labute approximate surface area is 201 Å². The van der Waals surface area contributed by atoms with Crippen LogP contribution in [0, 0.1) is 17.8 Å². The van der Waals surface area contributed by atoms with E-state index in [0.717, 1.165) is 11.1 Å². The third kappa shape index (κ3) is 5.08. The Hall–Kier alpha value is -2.19. The second kappa shape index (κ2) is 9.46. The molecule has 1 N–H and O–H groups in total. The predicted octanol–water partition coefficient (Wildman–Crippen LogP) is 3.26. The lowest BCUT2D eigenvalue weighted by Gasteiger charge is -2.50. The lowest BCUT2D eigenvalue weighted by Crippen LogP contribution is -2.60. The first kappa shape index (κ1) is 26.4. The largest absolute Gasteiger partial charge is 0.462 e. The number of rotatable bonds is 4. The monoisotopic (exact) mass is 478 g/mol. The van der Waals surface area contributed by atoms with Crippen molar-refractivity contribution in [3.8, 4) is 0 Å². The molecule has 1 aliphatic carbocycles. The highest BCUT2D eigenvalue weighted by Crippen LogP contribution is 2.56. The van der Waals surface area contributed by atoms with Crippen LogP contribution in [0.5, 0.6) is 0 Å². The van der Waals surface area contributed by atoms with Gasteiger partial charge in [0.25, 0.3) is 0 Å². The van der Waals surface area contributed by atoms with Gasteiger partial charge in [0, 0.05) is 51.4 Å². The molecule has 0 aromatic rings. The van der Waals surface area contributed by atoms with Crippen LogP contribution in [0.1, 0.15) is 67.7 Å². The van der Waals surface area contributed by atoms with E-state index in [-0.39, 0.29) is 12.0 Å². The number of hydrogen-bond donors (Lipinski definition) is 1. The van der Waals surface area contributed by atoms with E-state index in [1.54, 1.807) is 20.8 Å². The molecule has 0 unspecified atom stereocenters. The van der Waals surface area contributed by atoms with Gasteiger partial charge in [-0.1, -0.05) is 23.8 Å². The molecule has 34 heavy (non-hydrogen) atoms. The number of fused-ring (bicyclic) bond motifs is 5. The summed E-state index contributed by atoms with van der Waals surface area (Å²) >= 11 is 0. The molecule has 8 heteroatoms. The first-order valence-electron chi connectivity index (χ1n) is 11.9. The maximum atomic E-state index is 12.0. The number of aliphatic hydroxyl groups is 1. The van der Waals surface area contributed by atoms with E-state index in [1.165, 1.54) is 20.8 Å². The molecule has 2 bridgehead atoms. The molecule has 0 spiro atoms. The van der Waals surface area contributed by atoms with Gasteiger partial charge in [-0.3, -0.25) is 14.4 Å². The van der Waals surface area contributed by atoms with Gasteiger partial charge in [-0.2, -0.15) is 0 Å². The van der Waals surface area contributed by atoms with Crippen LogP contribution in [0.4, 0.5) is 0 Å². The summed E-state index contributed by atoms with van der Waals surface area (Å²) in [6.07, 6.45) is 0.842. The minimum atomic E-state index is -1.56. The number of esters is 3. The van der Waals surface area contributed by atoms with Crippen LogP contribution in [-0.2, 0) is 33.3 Å². The maximum absolute atomic E-state index is 12.0. The van der Waals surface area contributed by atoms with Crippen LogP contribution in [0.2, 0.25) is 0 Å². The highest BCUT2D eigenvalue weighted by atomic mass is 16.6. The van der Waals surface area contributed by atoms with Crippen molar-refractivity contribution in [1.82, 2.24) is 0 Å². The molecule has 1 saturated heterocycles. The molecule has 3 aliphatic rings. The summed E-state index contributed by atoms with van der Waals surface area (Å²) in [5, 5.41) is 11.9. The molecule has 3 rings (SSSR count). The first-order chi connectivity index (χ1) is 15.6. The third-order valence-electron chi connectivity index (χ3n) is 7.50. The number of carbonyl (C=O) groups is 3. The Bertz CT molecular complexity index is 885. The Morgan fingerprint density at radius 2 is 1.74 bits per heavy atom. The summed E-state index contributed by atoms with van der Waals surface area (Å²) in [5.41, 5.74) is -0.668. The molecule has 0 aromatic carbocycles. The van der Waals surface area contributed by atoms with Gasteiger partial charge in [-0.25, -0.2) is 0 Å². The smallest absolute Gasteiger partial charge is 0.303 e. The zero-order valence-electron chi connectivity index (χ0n) is 21.3. The second-order valence-corrected chi connectivity index (χ2v) is 10.7. The van der Waals surface area contributed by atoms with Crippen LogP contribution in [0.15, 0.2) is 23.8 Å². The van der Waals surface area contributed by atoms with Gasteiger partial charge >= 0.3 is 17.9 Å². The molecule has 0 amide bonds. The quantitative estimate of drug-likeness (QED) is 0.373. The van der Waals surface area contributed by atoms with E-state index in [2.05, 4.69) is 6.58 Å². The van der Waals surface area contributed by atoms with Crippen LogP contribution in [0.25, 0.3) is 0 Å². The van der Waals surface area contributed by atoms with Crippen molar-refractivity contribution < 1.29 is 38.4 Å². The zero-order chi connectivity index (χ0) is 25.6. The lowest BCUT2D eigenvalue weighted by atomic mass is 9.58. The summed E-state index contributed by atoms with van der Waals surface area (Å²) in [6.45, 7) is 15.5. The Morgan fingerprint density at radius 3 is 2.29 bits per heavy atom. The van der Waals surface area contributed by atoms with Crippen LogP contribution in [0.3, 0.4) is 0 Å². The van der Waals surface area contributed by atoms with E-state index in [0.29, 0.717) is 19.3 Å². The topological polar surface area (TPSA) is 108 Å². The average Bonchev–Trinajstić information content (AvgIpc) is 3.03. The van der Waals surface area contributed by atoms with Gasteiger partial charge in [0.1, 0.15) is 23.4 Å². The molecule has 0 aromatic heterocycles. The average molecular weight is 479 g/mol. The predicted molar refractivity (Wildman–Crippen MR) is 123 cm³/mol. The summed E-state index contributed by atoms with van der Waals surface area (Å²) in [5.74, 6) is -2.45. The van der Waals surface area contributed by atoms with E-state index in [1.807, 2.05) is 13.0 Å². The van der Waals surface area contributed by atoms with Crippen molar-refractivity contribution in [3.05, 3.63) is 23.8 Å². The van der Waals surface area contributed by atoms with Gasteiger partial charge in [-0.15, -0.1) is 0 Å². The Balaban J connectivity index is 2.17. The molecule has 8 nitrogen and oxygen atoms in total. The fourth-order valence-corrected chi connectivity index (χ4v) is 6.39. The highest BCUT2D eigenvalue weighted by molar-refractivity contribution is 5.67. The Kier molecular flexibility index (Phi) is 7.35.